The maximum absolute atomic E-state index is 12.3. The molecule has 1 aromatic rings. The third-order valence-electron chi connectivity index (χ3n) is 3.13. The SMILES string of the molecule is CC1CNCCN1NS(=O)(=O)c1cccc(C(=O)O)c1. The fourth-order valence-corrected chi connectivity index (χ4v) is 3.21. The Bertz CT molecular complexity index is 602. The Morgan fingerprint density at radius 3 is 2.90 bits per heavy atom. The molecule has 1 aromatic carbocycles. The van der Waals surface area contributed by atoms with Crippen molar-refractivity contribution in [2.45, 2.75) is 17.9 Å². The van der Waals surface area contributed by atoms with Gasteiger partial charge in [0, 0.05) is 25.7 Å². The predicted octanol–water partition coefficient (Wildman–Crippen LogP) is -0.128. The maximum Gasteiger partial charge on any atom is 0.335 e. The lowest BCUT2D eigenvalue weighted by Crippen LogP contribution is -2.56. The van der Waals surface area contributed by atoms with Gasteiger partial charge < -0.3 is 10.4 Å². The lowest BCUT2D eigenvalue weighted by Gasteiger charge is -2.33. The van der Waals surface area contributed by atoms with Crippen molar-refractivity contribution in [1.82, 2.24) is 15.2 Å². The smallest absolute Gasteiger partial charge is 0.335 e. The van der Waals surface area contributed by atoms with Crippen LogP contribution in [0.2, 0.25) is 0 Å². The van der Waals surface area contributed by atoms with Gasteiger partial charge in [0.15, 0.2) is 0 Å². The summed E-state index contributed by atoms with van der Waals surface area (Å²) in [6.45, 7) is 3.85. The maximum atomic E-state index is 12.3. The number of piperazine rings is 1. The van der Waals surface area contributed by atoms with E-state index in [9.17, 15) is 13.2 Å². The normalized spacial score (nSPS) is 20.8. The van der Waals surface area contributed by atoms with E-state index in [4.69, 9.17) is 5.11 Å². The molecule has 0 amide bonds. The summed E-state index contributed by atoms with van der Waals surface area (Å²) in [5.41, 5.74) is -0.0544. The minimum atomic E-state index is -3.76. The van der Waals surface area contributed by atoms with E-state index >= 15 is 0 Å². The molecule has 2 rings (SSSR count). The Morgan fingerprint density at radius 2 is 2.25 bits per heavy atom. The summed E-state index contributed by atoms with van der Waals surface area (Å²) in [4.78, 5) is 13.3. The first-order valence-electron chi connectivity index (χ1n) is 6.23. The van der Waals surface area contributed by atoms with Gasteiger partial charge >= 0.3 is 5.97 Å². The second kappa shape index (κ2) is 5.88. The first-order valence-corrected chi connectivity index (χ1v) is 7.71. The van der Waals surface area contributed by atoms with E-state index in [-0.39, 0.29) is 16.5 Å². The van der Waals surface area contributed by atoms with E-state index in [1.807, 2.05) is 6.92 Å². The Balaban J connectivity index is 2.21. The summed E-state index contributed by atoms with van der Waals surface area (Å²) in [5.74, 6) is -1.16. The molecular formula is C12H17N3O4S. The van der Waals surface area contributed by atoms with E-state index in [0.717, 1.165) is 6.07 Å². The zero-order valence-electron chi connectivity index (χ0n) is 11.0. The topological polar surface area (TPSA) is 98.7 Å². The van der Waals surface area contributed by atoms with Crippen molar-refractivity contribution >= 4 is 16.0 Å². The van der Waals surface area contributed by atoms with Gasteiger partial charge in [-0.1, -0.05) is 6.07 Å². The number of hydrogen-bond donors (Lipinski definition) is 3. The highest BCUT2D eigenvalue weighted by Gasteiger charge is 2.24. The summed E-state index contributed by atoms with van der Waals surface area (Å²) in [6.07, 6.45) is 0. The van der Waals surface area contributed by atoms with Gasteiger partial charge in [0.1, 0.15) is 0 Å². The molecule has 0 aromatic heterocycles. The van der Waals surface area contributed by atoms with Crippen molar-refractivity contribution in [1.29, 1.82) is 0 Å². The molecule has 1 aliphatic rings. The molecule has 1 heterocycles. The first kappa shape index (κ1) is 14.9. The molecule has 1 saturated heterocycles. The molecule has 1 aliphatic heterocycles. The molecule has 1 atom stereocenters. The largest absolute Gasteiger partial charge is 0.478 e. The van der Waals surface area contributed by atoms with Crippen LogP contribution in [0.25, 0.3) is 0 Å². The van der Waals surface area contributed by atoms with Crippen LogP contribution >= 0.6 is 0 Å². The molecule has 0 bridgehead atoms. The second-order valence-corrected chi connectivity index (χ2v) is 6.34. The number of rotatable bonds is 4. The highest BCUT2D eigenvalue weighted by atomic mass is 32.2. The number of nitrogens with one attached hydrogen (secondary N) is 2. The van der Waals surface area contributed by atoms with Crippen LogP contribution in [0.5, 0.6) is 0 Å². The zero-order valence-corrected chi connectivity index (χ0v) is 11.9. The summed E-state index contributed by atoms with van der Waals surface area (Å²) < 4.78 is 24.5. The predicted molar refractivity (Wildman–Crippen MR) is 72.8 cm³/mol. The molecule has 110 valence electrons. The highest BCUT2D eigenvalue weighted by Crippen LogP contribution is 2.13. The first-order chi connectivity index (χ1) is 9.40. The lowest BCUT2D eigenvalue weighted by atomic mass is 10.2. The van der Waals surface area contributed by atoms with Crippen LogP contribution in [0.3, 0.4) is 0 Å². The van der Waals surface area contributed by atoms with E-state index in [0.29, 0.717) is 19.6 Å². The zero-order chi connectivity index (χ0) is 14.8. The second-order valence-electron chi connectivity index (χ2n) is 4.67. The fourth-order valence-electron chi connectivity index (χ4n) is 1.98. The number of carboxylic acid groups (broad SMARTS) is 1. The van der Waals surface area contributed by atoms with Crippen LogP contribution in [0, 0.1) is 0 Å². The van der Waals surface area contributed by atoms with Crippen molar-refractivity contribution < 1.29 is 18.3 Å². The number of sulfonamides is 1. The van der Waals surface area contributed by atoms with Crippen LogP contribution in [0.1, 0.15) is 17.3 Å². The Morgan fingerprint density at radius 1 is 1.50 bits per heavy atom. The number of nitrogens with zero attached hydrogens (tertiary/aromatic N) is 1. The molecule has 0 saturated carbocycles. The van der Waals surface area contributed by atoms with Gasteiger partial charge in [-0.25, -0.2) is 18.2 Å². The van der Waals surface area contributed by atoms with E-state index < -0.39 is 16.0 Å². The Labute approximate surface area is 117 Å². The number of carbonyl (C=O) groups is 1. The van der Waals surface area contributed by atoms with Crippen molar-refractivity contribution in [3.05, 3.63) is 29.8 Å². The number of carboxylic acids is 1. The third-order valence-corrected chi connectivity index (χ3v) is 4.48. The summed E-state index contributed by atoms with van der Waals surface area (Å²) in [5, 5.41) is 13.7. The number of hydrazine groups is 1. The third kappa shape index (κ3) is 3.34. The Kier molecular flexibility index (Phi) is 4.39. The lowest BCUT2D eigenvalue weighted by molar-refractivity contribution is 0.0696. The van der Waals surface area contributed by atoms with Gasteiger partial charge in [0.25, 0.3) is 10.0 Å². The van der Waals surface area contributed by atoms with Gasteiger partial charge in [-0.2, -0.15) is 0 Å². The van der Waals surface area contributed by atoms with E-state index in [2.05, 4.69) is 10.1 Å². The molecule has 0 spiro atoms. The van der Waals surface area contributed by atoms with Crippen molar-refractivity contribution in [2.24, 2.45) is 0 Å². The quantitative estimate of drug-likeness (QED) is 0.716. The standard InChI is InChI=1S/C12H17N3O4S/c1-9-8-13-5-6-15(9)14-20(18,19)11-4-2-3-10(7-11)12(16)17/h2-4,7,9,13-14H,5-6,8H2,1H3,(H,16,17). The van der Waals surface area contributed by atoms with Gasteiger partial charge in [0.2, 0.25) is 0 Å². The van der Waals surface area contributed by atoms with Gasteiger partial charge in [-0.15, -0.1) is 4.83 Å². The average Bonchev–Trinajstić information content (AvgIpc) is 2.41. The van der Waals surface area contributed by atoms with Crippen molar-refractivity contribution in [3.8, 4) is 0 Å². The van der Waals surface area contributed by atoms with Crippen LogP contribution in [0.4, 0.5) is 0 Å². The van der Waals surface area contributed by atoms with Crippen LogP contribution in [0.15, 0.2) is 29.2 Å². The molecular weight excluding hydrogens is 282 g/mol. The summed E-state index contributed by atoms with van der Waals surface area (Å²) in [7, 11) is -3.76. The molecule has 20 heavy (non-hydrogen) atoms. The van der Waals surface area contributed by atoms with E-state index in [1.165, 1.54) is 18.2 Å². The number of hydrogen-bond acceptors (Lipinski definition) is 5. The van der Waals surface area contributed by atoms with Crippen molar-refractivity contribution in [2.75, 3.05) is 19.6 Å². The fraction of sp³-hybridized carbons (Fsp3) is 0.417. The molecule has 0 aliphatic carbocycles. The number of aromatic carboxylic acids is 1. The van der Waals surface area contributed by atoms with Crippen LogP contribution in [-0.4, -0.2) is 50.2 Å². The van der Waals surface area contributed by atoms with Gasteiger partial charge in [-0.3, -0.25) is 0 Å². The molecule has 0 radical (unpaired) electrons. The molecule has 8 heteroatoms. The number of benzene rings is 1. The minimum Gasteiger partial charge on any atom is -0.478 e. The molecule has 1 fully saturated rings. The van der Waals surface area contributed by atoms with Crippen LogP contribution in [-0.2, 0) is 10.0 Å². The minimum absolute atomic E-state index is 0.0289. The summed E-state index contributed by atoms with van der Waals surface area (Å²) >= 11 is 0. The van der Waals surface area contributed by atoms with Crippen molar-refractivity contribution in [3.63, 3.8) is 0 Å². The van der Waals surface area contributed by atoms with Gasteiger partial charge in [-0.05, 0) is 25.1 Å². The van der Waals surface area contributed by atoms with E-state index in [1.54, 1.807) is 5.01 Å². The molecule has 1 unspecified atom stereocenters. The molecule has 7 nitrogen and oxygen atoms in total. The summed E-state index contributed by atoms with van der Waals surface area (Å²) in [6, 6.07) is 5.33. The van der Waals surface area contributed by atoms with Gasteiger partial charge in [0.05, 0.1) is 10.5 Å². The highest BCUT2D eigenvalue weighted by molar-refractivity contribution is 7.89. The monoisotopic (exact) mass is 299 g/mol. The molecule has 3 N–H and O–H groups in total. The van der Waals surface area contributed by atoms with Crippen LogP contribution < -0.4 is 10.1 Å². The average molecular weight is 299 g/mol. The Hall–Kier alpha value is -1.48.